The molecule has 2 N–H and O–H groups in total. The zero-order valence-corrected chi connectivity index (χ0v) is 11.7. The molecule has 0 radical (unpaired) electrons. The van der Waals surface area contributed by atoms with Gasteiger partial charge in [0.1, 0.15) is 5.82 Å². The quantitative estimate of drug-likeness (QED) is 0.881. The predicted octanol–water partition coefficient (Wildman–Crippen LogP) is 1.62. The first-order valence-corrected chi connectivity index (χ1v) is 6.83. The summed E-state index contributed by atoms with van der Waals surface area (Å²) >= 11 is 6.08. The van der Waals surface area contributed by atoms with E-state index >= 15 is 0 Å². The van der Waals surface area contributed by atoms with E-state index < -0.39 is 0 Å². The third kappa shape index (κ3) is 3.16. The number of pyridine rings is 1. The normalized spacial score (nSPS) is 18.7. The highest BCUT2D eigenvalue weighted by atomic mass is 35.5. The highest BCUT2D eigenvalue weighted by Gasteiger charge is 2.26. The van der Waals surface area contributed by atoms with Gasteiger partial charge in [0.25, 0.3) is 5.91 Å². The fourth-order valence-corrected chi connectivity index (χ4v) is 2.43. The monoisotopic (exact) mass is 283 g/mol. The summed E-state index contributed by atoms with van der Waals surface area (Å²) in [5, 5.41) is 12.6. The Kier molecular flexibility index (Phi) is 4.61. The molecule has 19 heavy (non-hydrogen) atoms. The number of aromatic nitrogens is 1. The number of nitrogens with zero attached hydrogens (tertiary/aromatic N) is 2. The minimum absolute atomic E-state index is 0.0756. The molecule has 104 valence electrons. The first-order valence-electron chi connectivity index (χ1n) is 6.45. The van der Waals surface area contributed by atoms with Gasteiger partial charge in [-0.15, -0.1) is 0 Å². The van der Waals surface area contributed by atoms with Crippen molar-refractivity contribution in [3.05, 3.63) is 22.8 Å². The van der Waals surface area contributed by atoms with Crippen molar-refractivity contribution in [1.29, 1.82) is 0 Å². The number of rotatable bonds is 4. The van der Waals surface area contributed by atoms with E-state index in [4.69, 9.17) is 16.7 Å². The number of amides is 1. The Morgan fingerprint density at radius 1 is 1.68 bits per heavy atom. The second kappa shape index (κ2) is 6.21. The van der Waals surface area contributed by atoms with Crippen molar-refractivity contribution in [2.45, 2.75) is 13.3 Å². The summed E-state index contributed by atoms with van der Waals surface area (Å²) in [6.45, 7) is 4.08. The summed E-state index contributed by atoms with van der Waals surface area (Å²) in [6, 6.07) is 1.64. The molecule has 1 fully saturated rings. The minimum Gasteiger partial charge on any atom is -0.396 e. The molecule has 5 nitrogen and oxygen atoms in total. The van der Waals surface area contributed by atoms with E-state index in [1.165, 1.54) is 0 Å². The summed E-state index contributed by atoms with van der Waals surface area (Å²) in [5.74, 6) is 0.706. The summed E-state index contributed by atoms with van der Waals surface area (Å²) < 4.78 is 0. The standard InChI is InChI=1S/C13H18ClN3O2/c1-2-15-12-11(14)5-10(6-16-12)13(19)17-4-3-9(7-17)8-18/h5-6,9,18H,2-4,7-8H2,1H3,(H,15,16). The molecule has 6 heteroatoms. The summed E-state index contributed by atoms with van der Waals surface area (Å²) in [7, 11) is 0. The van der Waals surface area contributed by atoms with Crippen molar-refractivity contribution < 1.29 is 9.90 Å². The van der Waals surface area contributed by atoms with E-state index in [1.807, 2.05) is 6.92 Å². The molecule has 1 atom stereocenters. The third-order valence-electron chi connectivity index (χ3n) is 3.26. The second-order valence-corrected chi connectivity index (χ2v) is 5.08. The van der Waals surface area contributed by atoms with Gasteiger partial charge >= 0.3 is 0 Å². The molecule has 0 bridgehead atoms. The topological polar surface area (TPSA) is 65.5 Å². The van der Waals surface area contributed by atoms with Crippen LogP contribution in [-0.4, -0.2) is 47.1 Å². The molecule has 1 unspecified atom stereocenters. The van der Waals surface area contributed by atoms with Gasteiger partial charge < -0.3 is 15.3 Å². The van der Waals surface area contributed by atoms with Gasteiger partial charge in [-0.1, -0.05) is 11.6 Å². The van der Waals surface area contributed by atoms with Crippen LogP contribution >= 0.6 is 11.6 Å². The van der Waals surface area contributed by atoms with Crippen LogP contribution in [0.15, 0.2) is 12.3 Å². The maximum Gasteiger partial charge on any atom is 0.255 e. The maximum absolute atomic E-state index is 12.3. The number of likely N-dealkylation sites (tertiary alicyclic amines) is 1. The van der Waals surface area contributed by atoms with Crippen LogP contribution in [0, 0.1) is 5.92 Å². The zero-order valence-electron chi connectivity index (χ0n) is 10.9. The van der Waals surface area contributed by atoms with Gasteiger partial charge in [-0.2, -0.15) is 0 Å². The molecule has 1 aromatic rings. The first-order chi connectivity index (χ1) is 9.15. The number of carbonyl (C=O) groups excluding carboxylic acids is 1. The number of nitrogens with one attached hydrogen (secondary N) is 1. The van der Waals surface area contributed by atoms with E-state index in [-0.39, 0.29) is 18.4 Å². The highest BCUT2D eigenvalue weighted by Crippen LogP contribution is 2.23. The molecule has 1 amide bonds. The summed E-state index contributed by atoms with van der Waals surface area (Å²) in [5.41, 5.74) is 0.491. The Morgan fingerprint density at radius 2 is 2.47 bits per heavy atom. The number of anilines is 1. The molecular weight excluding hydrogens is 266 g/mol. The predicted molar refractivity (Wildman–Crippen MR) is 74.5 cm³/mol. The number of hydrogen-bond donors (Lipinski definition) is 2. The number of carbonyl (C=O) groups is 1. The largest absolute Gasteiger partial charge is 0.396 e. The van der Waals surface area contributed by atoms with Crippen molar-refractivity contribution in [2.24, 2.45) is 5.92 Å². The number of hydrogen-bond acceptors (Lipinski definition) is 4. The number of halogens is 1. The molecule has 1 aliphatic heterocycles. The van der Waals surface area contributed by atoms with Gasteiger partial charge in [-0.3, -0.25) is 4.79 Å². The van der Waals surface area contributed by atoms with E-state index in [9.17, 15) is 4.79 Å². The van der Waals surface area contributed by atoms with Crippen LogP contribution in [0.5, 0.6) is 0 Å². The number of aliphatic hydroxyl groups is 1. The molecular formula is C13H18ClN3O2. The summed E-state index contributed by atoms with van der Waals surface area (Å²) in [6.07, 6.45) is 2.39. The van der Waals surface area contributed by atoms with Gasteiger partial charge in [0.05, 0.1) is 10.6 Å². The Balaban J connectivity index is 2.09. The average molecular weight is 284 g/mol. The maximum atomic E-state index is 12.3. The van der Waals surface area contributed by atoms with Gasteiger partial charge in [0.2, 0.25) is 0 Å². The lowest BCUT2D eigenvalue weighted by Crippen LogP contribution is -2.29. The van der Waals surface area contributed by atoms with Crippen LogP contribution in [0.1, 0.15) is 23.7 Å². The Bertz CT molecular complexity index is 467. The van der Waals surface area contributed by atoms with Crippen molar-refractivity contribution >= 4 is 23.3 Å². The molecule has 1 aromatic heterocycles. The smallest absolute Gasteiger partial charge is 0.255 e. The first kappa shape index (κ1) is 14.1. The van der Waals surface area contributed by atoms with Gasteiger partial charge in [-0.05, 0) is 19.4 Å². The van der Waals surface area contributed by atoms with Gasteiger partial charge in [0, 0.05) is 38.4 Å². The lowest BCUT2D eigenvalue weighted by Gasteiger charge is -2.16. The fraction of sp³-hybridized carbons (Fsp3) is 0.538. The molecule has 0 saturated carbocycles. The Labute approximate surface area is 117 Å². The Morgan fingerprint density at radius 3 is 3.05 bits per heavy atom. The molecule has 0 aromatic carbocycles. The van der Waals surface area contributed by atoms with E-state index in [2.05, 4.69) is 10.3 Å². The third-order valence-corrected chi connectivity index (χ3v) is 3.55. The summed E-state index contributed by atoms with van der Waals surface area (Å²) in [4.78, 5) is 18.2. The molecule has 1 saturated heterocycles. The zero-order chi connectivity index (χ0) is 13.8. The highest BCUT2D eigenvalue weighted by molar-refractivity contribution is 6.33. The van der Waals surface area contributed by atoms with E-state index in [0.29, 0.717) is 29.5 Å². The number of aliphatic hydroxyl groups excluding tert-OH is 1. The fourth-order valence-electron chi connectivity index (χ4n) is 2.20. The lowest BCUT2D eigenvalue weighted by atomic mass is 10.1. The van der Waals surface area contributed by atoms with Crippen molar-refractivity contribution in [3.8, 4) is 0 Å². The molecule has 0 aliphatic carbocycles. The molecule has 2 rings (SSSR count). The Hall–Kier alpha value is -1.33. The van der Waals surface area contributed by atoms with Crippen molar-refractivity contribution in [1.82, 2.24) is 9.88 Å². The average Bonchev–Trinajstić information content (AvgIpc) is 2.89. The van der Waals surface area contributed by atoms with Crippen LogP contribution < -0.4 is 5.32 Å². The lowest BCUT2D eigenvalue weighted by molar-refractivity contribution is 0.0781. The van der Waals surface area contributed by atoms with Crippen LogP contribution in [0.25, 0.3) is 0 Å². The van der Waals surface area contributed by atoms with Crippen molar-refractivity contribution in [3.63, 3.8) is 0 Å². The van der Waals surface area contributed by atoms with Crippen LogP contribution in [-0.2, 0) is 0 Å². The van der Waals surface area contributed by atoms with Crippen LogP contribution in [0.2, 0.25) is 5.02 Å². The van der Waals surface area contributed by atoms with Crippen LogP contribution in [0.4, 0.5) is 5.82 Å². The van der Waals surface area contributed by atoms with Gasteiger partial charge in [0.15, 0.2) is 0 Å². The second-order valence-electron chi connectivity index (χ2n) is 4.67. The molecule has 0 spiro atoms. The van der Waals surface area contributed by atoms with E-state index in [0.717, 1.165) is 13.0 Å². The van der Waals surface area contributed by atoms with Crippen molar-refractivity contribution in [2.75, 3.05) is 31.6 Å². The molecule has 2 heterocycles. The SMILES string of the molecule is CCNc1ncc(C(=O)N2CCC(CO)C2)cc1Cl. The van der Waals surface area contributed by atoms with Crippen LogP contribution in [0.3, 0.4) is 0 Å². The van der Waals surface area contributed by atoms with Gasteiger partial charge in [-0.25, -0.2) is 4.98 Å². The van der Waals surface area contributed by atoms with E-state index in [1.54, 1.807) is 17.2 Å². The molecule has 1 aliphatic rings. The minimum atomic E-state index is -0.0756.